The van der Waals surface area contributed by atoms with E-state index >= 15 is 0 Å². The zero-order chi connectivity index (χ0) is 17.4. The van der Waals surface area contributed by atoms with E-state index in [9.17, 15) is 9.59 Å². The van der Waals surface area contributed by atoms with Crippen LogP contribution in [0.1, 0.15) is 5.56 Å². The summed E-state index contributed by atoms with van der Waals surface area (Å²) in [5, 5.41) is 2.84. The van der Waals surface area contributed by atoms with Gasteiger partial charge >= 0.3 is 5.76 Å². The van der Waals surface area contributed by atoms with E-state index in [0.29, 0.717) is 41.5 Å². The van der Waals surface area contributed by atoms with Crippen molar-refractivity contribution in [2.24, 2.45) is 7.05 Å². The topological polar surface area (TPSA) is 82.7 Å². The third-order valence-corrected chi connectivity index (χ3v) is 4.05. The Kier molecular flexibility index (Phi) is 3.68. The van der Waals surface area contributed by atoms with Crippen molar-refractivity contribution in [2.75, 3.05) is 18.5 Å². The molecule has 1 N–H and O–H groups in total. The molecule has 0 radical (unpaired) electrons. The molecule has 0 saturated carbocycles. The number of hydrogen-bond acceptors (Lipinski definition) is 5. The fraction of sp³-hybridized carbons (Fsp3) is 0.222. The van der Waals surface area contributed by atoms with Gasteiger partial charge in [0.15, 0.2) is 17.1 Å². The first-order chi connectivity index (χ1) is 12.1. The van der Waals surface area contributed by atoms with Crippen LogP contribution in [0.25, 0.3) is 11.1 Å². The van der Waals surface area contributed by atoms with E-state index in [0.717, 1.165) is 5.56 Å². The number of ether oxygens (including phenoxy) is 2. The molecular formula is C18H16N2O5. The molecule has 1 aliphatic rings. The molecule has 1 amide bonds. The fourth-order valence-electron chi connectivity index (χ4n) is 2.79. The molecule has 1 aromatic heterocycles. The van der Waals surface area contributed by atoms with Crippen LogP contribution >= 0.6 is 0 Å². The largest absolute Gasteiger partial charge is 0.486 e. The summed E-state index contributed by atoms with van der Waals surface area (Å²) >= 11 is 0. The molecule has 0 unspecified atom stereocenters. The average Bonchev–Trinajstić information content (AvgIpc) is 2.89. The van der Waals surface area contributed by atoms with Crippen LogP contribution in [-0.2, 0) is 18.3 Å². The number of rotatable bonds is 3. The number of nitrogens with zero attached hydrogens (tertiary/aromatic N) is 1. The smallest absolute Gasteiger partial charge is 0.419 e. The third-order valence-electron chi connectivity index (χ3n) is 4.05. The normalized spacial score (nSPS) is 13.0. The van der Waals surface area contributed by atoms with Crippen molar-refractivity contribution in [3.8, 4) is 11.5 Å². The first-order valence-corrected chi connectivity index (χ1v) is 7.88. The molecule has 0 atom stereocenters. The number of aryl methyl sites for hydroxylation is 1. The summed E-state index contributed by atoms with van der Waals surface area (Å²) < 4.78 is 17.5. The minimum absolute atomic E-state index is 0.162. The van der Waals surface area contributed by atoms with Gasteiger partial charge in [0, 0.05) is 18.8 Å². The second-order valence-corrected chi connectivity index (χ2v) is 5.81. The van der Waals surface area contributed by atoms with Crippen molar-refractivity contribution in [1.82, 2.24) is 4.57 Å². The molecule has 0 bridgehead atoms. The maximum Gasteiger partial charge on any atom is 0.419 e. The van der Waals surface area contributed by atoms with Gasteiger partial charge in [0.2, 0.25) is 5.91 Å². The molecule has 1 aliphatic heterocycles. The van der Waals surface area contributed by atoms with Crippen molar-refractivity contribution in [3.63, 3.8) is 0 Å². The van der Waals surface area contributed by atoms with Crippen LogP contribution in [0.4, 0.5) is 5.69 Å². The van der Waals surface area contributed by atoms with Crippen LogP contribution in [0.5, 0.6) is 11.5 Å². The minimum atomic E-state index is -0.423. The van der Waals surface area contributed by atoms with Crippen LogP contribution in [0.2, 0.25) is 0 Å². The summed E-state index contributed by atoms with van der Waals surface area (Å²) in [5.41, 5.74) is 2.60. The molecule has 4 rings (SSSR count). The molecule has 0 saturated heterocycles. The van der Waals surface area contributed by atoms with Gasteiger partial charge in [-0.25, -0.2) is 4.79 Å². The maximum atomic E-state index is 12.3. The van der Waals surface area contributed by atoms with E-state index in [-0.39, 0.29) is 12.3 Å². The molecule has 0 aliphatic carbocycles. The molecule has 7 heteroatoms. The lowest BCUT2D eigenvalue weighted by molar-refractivity contribution is -0.115. The predicted octanol–water partition coefficient (Wildman–Crippen LogP) is 2.08. The standard InChI is InChI=1S/C18H16N2O5/c1-20-13-8-11(2-4-14(13)25-18(20)22)9-17(21)19-12-3-5-15-16(10-12)24-7-6-23-15/h2-5,8,10H,6-7,9H2,1H3,(H,19,21). The van der Waals surface area contributed by atoms with Crippen molar-refractivity contribution in [1.29, 1.82) is 0 Å². The molecular weight excluding hydrogens is 324 g/mol. The summed E-state index contributed by atoms with van der Waals surface area (Å²) in [7, 11) is 1.63. The van der Waals surface area contributed by atoms with E-state index in [1.54, 1.807) is 43.4 Å². The molecule has 2 aromatic carbocycles. The van der Waals surface area contributed by atoms with Gasteiger partial charge in [-0.1, -0.05) is 6.07 Å². The van der Waals surface area contributed by atoms with Crippen molar-refractivity contribution < 1.29 is 18.7 Å². The Bertz CT molecular complexity index is 1020. The number of amides is 1. The fourth-order valence-corrected chi connectivity index (χ4v) is 2.79. The monoisotopic (exact) mass is 340 g/mol. The molecule has 7 nitrogen and oxygen atoms in total. The van der Waals surface area contributed by atoms with Gasteiger partial charge in [-0.05, 0) is 29.8 Å². The number of hydrogen-bond donors (Lipinski definition) is 1. The first-order valence-electron chi connectivity index (χ1n) is 7.88. The van der Waals surface area contributed by atoms with Gasteiger partial charge in [-0.2, -0.15) is 0 Å². The van der Waals surface area contributed by atoms with E-state index in [4.69, 9.17) is 13.9 Å². The Morgan fingerprint density at radius 3 is 2.76 bits per heavy atom. The highest BCUT2D eigenvalue weighted by atomic mass is 16.6. The predicted molar refractivity (Wildman–Crippen MR) is 91.2 cm³/mol. The Hall–Kier alpha value is -3.22. The minimum Gasteiger partial charge on any atom is -0.486 e. The SMILES string of the molecule is Cn1c(=O)oc2ccc(CC(=O)Nc3ccc4c(c3)OCCO4)cc21. The Labute approximate surface area is 142 Å². The highest BCUT2D eigenvalue weighted by Gasteiger charge is 2.13. The Balaban J connectivity index is 1.50. The summed E-state index contributed by atoms with van der Waals surface area (Å²) in [6.07, 6.45) is 0.184. The molecule has 0 fully saturated rings. The van der Waals surface area contributed by atoms with Gasteiger partial charge in [-0.15, -0.1) is 0 Å². The maximum absolute atomic E-state index is 12.3. The summed E-state index contributed by atoms with van der Waals surface area (Å²) in [4.78, 5) is 23.8. The lowest BCUT2D eigenvalue weighted by Crippen LogP contribution is -2.17. The van der Waals surface area contributed by atoms with Crippen LogP contribution in [0.15, 0.2) is 45.6 Å². The molecule has 2 heterocycles. The number of carbonyl (C=O) groups is 1. The van der Waals surface area contributed by atoms with Crippen LogP contribution < -0.4 is 20.5 Å². The Morgan fingerprint density at radius 1 is 1.12 bits per heavy atom. The summed E-state index contributed by atoms with van der Waals surface area (Å²) in [5.74, 6) is 0.715. The van der Waals surface area contributed by atoms with Gasteiger partial charge in [0.05, 0.1) is 11.9 Å². The van der Waals surface area contributed by atoms with Crippen molar-refractivity contribution in [2.45, 2.75) is 6.42 Å². The zero-order valence-electron chi connectivity index (χ0n) is 13.6. The molecule has 3 aromatic rings. The van der Waals surface area contributed by atoms with E-state index in [1.807, 2.05) is 0 Å². The van der Waals surface area contributed by atoms with E-state index < -0.39 is 5.76 Å². The van der Waals surface area contributed by atoms with Crippen LogP contribution in [0, 0.1) is 0 Å². The highest BCUT2D eigenvalue weighted by Crippen LogP contribution is 2.32. The van der Waals surface area contributed by atoms with Crippen LogP contribution in [-0.4, -0.2) is 23.7 Å². The van der Waals surface area contributed by atoms with E-state index in [1.165, 1.54) is 4.57 Å². The van der Waals surface area contributed by atoms with Crippen molar-refractivity contribution >= 4 is 22.7 Å². The van der Waals surface area contributed by atoms with Gasteiger partial charge in [-0.3, -0.25) is 9.36 Å². The number of anilines is 1. The quantitative estimate of drug-likeness (QED) is 0.789. The molecule has 0 spiro atoms. The number of oxazole rings is 1. The third kappa shape index (κ3) is 2.96. The molecule has 25 heavy (non-hydrogen) atoms. The highest BCUT2D eigenvalue weighted by molar-refractivity contribution is 5.93. The second kappa shape index (κ2) is 6.01. The number of nitrogens with one attached hydrogen (secondary N) is 1. The van der Waals surface area contributed by atoms with Crippen molar-refractivity contribution in [3.05, 3.63) is 52.5 Å². The summed E-state index contributed by atoms with van der Waals surface area (Å²) in [6.45, 7) is 1.02. The van der Waals surface area contributed by atoms with Gasteiger partial charge < -0.3 is 19.2 Å². The zero-order valence-corrected chi connectivity index (χ0v) is 13.6. The first kappa shape index (κ1) is 15.3. The summed E-state index contributed by atoms with van der Waals surface area (Å²) in [6, 6.07) is 10.5. The average molecular weight is 340 g/mol. The second-order valence-electron chi connectivity index (χ2n) is 5.81. The number of carbonyl (C=O) groups excluding carboxylic acids is 1. The number of benzene rings is 2. The number of aromatic nitrogens is 1. The molecule has 128 valence electrons. The van der Waals surface area contributed by atoms with Crippen LogP contribution in [0.3, 0.4) is 0 Å². The Morgan fingerprint density at radius 2 is 1.92 bits per heavy atom. The lowest BCUT2D eigenvalue weighted by Gasteiger charge is -2.19. The van der Waals surface area contributed by atoms with Gasteiger partial charge in [0.25, 0.3) is 0 Å². The van der Waals surface area contributed by atoms with Gasteiger partial charge in [0.1, 0.15) is 13.2 Å². The number of fused-ring (bicyclic) bond motifs is 2. The lowest BCUT2D eigenvalue weighted by atomic mass is 10.1. The van der Waals surface area contributed by atoms with E-state index in [2.05, 4.69) is 5.32 Å².